The molecule has 0 heterocycles. The van der Waals surface area contributed by atoms with Crippen molar-refractivity contribution in [2.45, 2.75) is 25.4 Å². The maximum Gasteiger partial charge on any atom is 0.303 e. The van der Waals surface area contributed by atoms with Crippen LogP contribution in [-0.2, 0) is 9.53 Å². The summed E-state index contributed by atoms with van der Waals surface area (Å²) >= 11 is 0. The molecule has 0 aromatic heterocycles. The summed E-state index contributed by atoms with van der Waals surface area (Å²) in [5.41, 5.74) is 2.11. The number of carbonyl (C=O) groups is 1. The van der Waals surface area contributed by atoms with Crippen LogP contribution in [0, 0.1) is 5.92 Å². The van der Waals surface area contributed by atoms with Gasteiger partial charge in [0, 0.05) is 12.8 Å². The van der Waals surface area contributed by atoms with E-state index >= 15 is 0 Å². The van der Waals surface area contributed by atoms with Crippen molar-refractivity contribution in [2.24, 2.45) is 5.92 Å². The molecule has 2 aliphatic rings. The van der Waals surface area contributed by atoms with Crippen LogP contribution in [0.5, 0.6) is 11.5 Å². The summed E-state index contributed by atoms with van der Waals surface area (Å²) in [7, 11) is 0. The van der Waals surface area contributed by atoms with Crippen LogP contribution < -0.4 is 4.74 Å². The van der Waals surface area contributed by atoms with Crippen LogP contribution in [0.4, 0.5) is 0 Å². The van der Waals surface area contributed by atoms with Gasteiger partial charge in [0.15, 0.2) is 0 Å². The van der Waals surface area contributed by atoms with E-state index in [1.807, 2.05) is 42.5 Å². The van der Waals surface area contributed by atoms with Gasteiger partial charge in [-0.25, -0.2) is 0 Å². The van der Waals surface area contributed by atoms with Gasteiger partial charge in [-0.1, -0.05) is 30.3 Å². The zero-order chi connectivity index (χ0) is 15.9. The number of fused-ring (bicyclic) bond motifs is 1. The Morgan fingerprint density at radius 1 is 1.04 bits per heavy atom. The average Bonchev–Trinajstić information content (AvgIpc) is 3.07. The zero-order valence-electron chi connectivity index (χ0n) is 13.0. The van der Waals surface area contributed by atoms with E-state index in [9.17, 15) is 4.79 Å². The molecular weight excluding hydrogens is 288 g/mol. The Hall–Kier alpha value is -2.55. The Bertz CT molecular complexity index is 761. The van der Waals surface area contributed by atoms with E-state index in [1.54, 1.807) is 0 Å². The molecular formula is C20H18O3. The molecule has 3 heteroatoms. The lowest BCUT2D eigenvalue weighted by atomic mass is 10.0. The molecule has 4 rings (SSSR count). The summed E-state index contributed by atoms with van der Waals surface area (Å²) in [6, 6.07) is 17.8. The van der Waals surface area contributed by atoms with Gasteiger partial charge in [-0.2, -0.15) is 0 Å². The molecule has 2 aromatic rings. The third-order valence-electron chi connectivity index (χ3n) is 4.52. The number of carbonyl (C=O) groups excluding carboxylic acids is 1. The normalized spacial score (nSPS) is 24.6. The maximum atomic E-state index is 11.2. The Labute approximate surface area is 135 Å². The molecule has 2 aliphatic carbocycles. The van der Waals surface area contributed by atoms with Crippen molar-refractivity contribution in [3.05, 3.63) is 66.2 Å². The van der Waals surface area contributed by atoms with E-state index in [1.165, 1.54) is 18.1 Å². The zero-order valence-corrected chi connectivity index (χ0v) is 13.0. The molecule has 0 spiro atoms. The van der Waals surface area contributed by atoms with Crippen molar-refractivity contribution in [1.82, 2.24) is 0 Å². The highest BCUT2D eigenvalue weighted by atomic mass is 16.6. The molecule has 1 saturated carbocycles. The lowest BCUT2D eigenvalue weighted by molar-refractivity contribution is -0.146. The predicted octanol–water partition coefficient (Wildman–Crippen LogP) is 4.59. The van der Waals surface area contributed by atoms with E-state index in [2.05, 4.69) is 18.2 Å². The third kappa shape index (κ3) is 2.74. The van der Waals surface area contributed by atoms with Crippen LogP contribution in [0.3, 0.4) is 0 Å². The van der Waals surface area contributed by atoms with Gasteiger partial charge >= 0.3 is 5.97 Å². The van der Waals surface area contributed by atoms with Crippen LogP contribution in [0.25, 0.3) is 5.57 Å². The smallest absolute Gasteiger partial charge is 0.303 e. The second kappa shape index (κ2) is 5.27. The maximum absolute atomic E-state index is 11.2. The molecule has 2 atom stereocenters. The topological polar surface area (TPSA) is 35.5 Å². The molecule has 3 nitrogen and oxygen atoms in total. The molecule has 0 amide bonds. The van der Waals surface area contributed by atoms with Gasteiger partial charge in [-0.05, 0) is 54.3 Å². The minimum absolute atomic E-state index is 0.198. The first-order valence-electron chi connectivity index (χ1n) is 7.89. The van der Waals surface area contributed by atoms with E-state index in [0.29, 0.717) is 5.92 Å². The molecule has 116 valence electrons. The highest BCUT2D eigenvalue weighted by Crippen LogP contribution is 2.58. The second-order valence-electron chi connectivity index (χ2n) is 6.26. The second-order valence-corrected chi connectivity index (χ2v) is 6.26. The Morgan fingerprint density at radius 3 is 2.43 bits per heavy atom. The number of hydrogen-bond acceptors (Lipinski definition) is 3. The lowest BCUT2D eigenvalue weighted by Gasteiger charge is -2.10. The Kier molecular flexibility index (Phi) is 3.22. The molecule has 0 radical (unpaired) electrons. The minimum Gasteiger partial charge on any atom is -0.457 e. The number of benzene rings is 2. The van der Waals surface area contributed by atoms with Gasteiger partial charge in [-0.3, -0.25) is 4.79 Å². The van der Waals surface area contributed by atoms with E-state index in [-0.39, 0.29) is 11.6 Å². The van der Waals surface area contributed by atoms with Crippen LogP contribution in [-0.4, -0.2) is 11.6 Å². The number of allylic oxidation sites excluding steroid dienone is 1. The lowest BCUT2D eigenvalue weighted by Crippen LogP contribution is -2.15. The van der Waals surface area contributed by atoms with Crippen molar-refractivity contribution in [3.63, 3.8) is 0 Å². The average molecular weight is 306 g/mol. The van der Waals surface area contributed by atoms with Crippen LogP contribution in [0.2, 0.25) is 0 Å². The van der Waals surface area contributed by atoms with Crippen molar-refractivity contribution in [1.29, 1.82) is 0 Å². The fraction of sp³-hybridized carbons (Fsp3) is 0.250. The van der Waals surface area contributed by atoms with Gasteiger partial charge in [0.25, 0.3) is 0 Å². The fourth-order valence-corrected chi connectivity index (χ4v) is 3.35. The molecule has 0 N–H and O–H groups in total. The Balaban J connectivity index is 1.49. The first-order valence-corrected chi connectivity index (χ1v) is 7.89. The van der Waals surface area contributed by atoms with Gasteiger partial charge < -0.3 is 9.47 Å². The summed E-state index contributed by atoms with van der Waals surface area (Å²) in [5, 5.41) is 0. The standard InChI is InChI=1S/C20H18O3/c1-14(21)23-20-12-16(11-17(20)13-20)15-7-9-19(10-8-15)22-18-5-3-2-4-6-18/h2-10,12,17H,11,13H2,1H3/t17-,20-/m0/s1. The quantitative estimate of drug-likeness (QED) is 0.775. The van der Waals surface area contributed by atoms with E-state index in [0.717, 1.165) is 24.3 Å². The van der Waals surface area contributed by atoms with E-state index in [4.69, 9.17) is 9.47 Å². The van der Waals surface area contributed by atoms with Gasteiger partial charge in [-0.15, -0.1) is 0 Å². The van der Waals surface area contributed by atoms with Crippen LogP contribution >= 0.6 is 0 Å². The molecule has 0 bridgehead atoms. The molecule has 23 heavy (non-hydrogen) atoms. The Morgan fingerprint density at radius 2 is 1.74 bits per heavy atom. The summed E-state index contributed by atoms with van der Waals surface area (Å²) < 4.78 is 11.3. The SMILES string of the molecule is CC(=O)O[C@]12C=C(c3ccc(Oc4ccccc4)cc3)C[C@H]1C2. The monoisotopic (exact) mass is 306 g/mol. The number of esters is 1. The first-order chi connectivity index (χ1) is 11.1. The summed E-state index contributed by atoms with van der Waals surface area (Å²) in [4.78, 5) is 11.2. The fourth-order valence-electron chi connectivity index (χ4n) is 3.35. The molecule has 2 aromatic carbocycles. The third-order valence-corrected chi connectivity index (χ3v) is 4.52. The minimum atomic E-state index is -0.319. The molecule has 1 fully saturated rings. The molecule has 0 saturated heterocycles. The van der Waals surface area contributed by atoms with Gasteiger partial charge in [0.2, 0.25) is 0 Å². The summed E-state index contributed by atoms with van der Waals surface area (Å²) in [6.45, 7) is 1.48. The molecule has 0 unspecified atom stereocenters. The van der Waals surface area contributed by atoms with Crippen molar-refractivity contribution < 1.29 is 14.3 Å². The van der Waals surface area contributed by atoms with Crippen molar-refractivity contribution >= 4 is 11.5 Å². The van der Waals surface area contributed by atoms with Crippen LogP contribution in [0.15, 0.2) is 60.7 Å². The van der Waals surface area contributed by atoms with Gasteiger partial charge in [0.05, 0.1) is 0 Å². The summed E-state index contributed by atoms with van der Waals surface area (Å²) in [5.74, 6) is 1.91. The number of ether oxygens (including phenoxy) is 2. The van der Waals surface area contributed by atoms with E-state index < -0.39 is 0 Å². The summed E-state index contributed by atoms with van der Waals surface area (Å²) in [6.07, 6.45) is 4.07. The number of rotatable bonds is 4. The number of hydrogen-bond donors (Lipinski definition) is 0. The first kappa shape index (κ1) is 14.1. The van der Waals surface area contributed by atoms with Crippen molar-refractivity contribution in [2.75, 3.05) is 0 Å². The van der Waals surface area contributed by atoms with Crippen LogP contribution in [0.1, 0.15) is 25.3 Å². The molecule has 0 aliphatic heterocycles. The highest BCUT2D eigenvalue weighted by Gasteiger charge is 2.59. The number of para-hydroxylation sites is 1. The largest absolute Gasteiger partial charge is 0.457 e. The highest BCUT2D eigenvalue weighted by molar-refractivity contribution is 5.75. The van der Waals surface area contributed by atoms with Gasteiger partial charge in [0.1, 0.15) is 17.1 Å². The predicted molar refractivity (Wildman–Crippen MR) is 88.2 cm³/mol. The van der Waals surface area contributed by atoms with Crippen molar-refractivity contribution in [3.8, 4) is 11.5 Å².